The molecule has 0 unspecified atom stereocenters. The van der Waals surface area contributed by atoms with Crippen LogP contribution in [-0.4, -0.2) is 70.1 Å². The number of hydrogen-bond acceptors (Lipinski definition) is 8. The smallest absolute Gasteiger partial charge is 0.337 e. The van der Waals surface area contributed by atoms with Gasteiger partial charge in [-0.05, 0) is 55.2 Å². The van der Waals surface area contributed by atoms with E-state index in [2.05, 4.69) is 65.5 Å². The summed E-state index contributed by atoms with van der Waals surface area (Å²) in [6.45, 7) is 9.76. The third-order valence-electron chi connectivity index (χ3n) is 9.54. The Morgan fingerprint density at radius 1 is 0.887 bits per heavy atom. The van der Waals surface area contributed by atoms with Crippen molar-refractivity contribution in [3.63, 3.8) is 0 Å². The summed E-state index contributed by atoms with van der Waals surface area (Å²) in [7, 11) is 5.76. The number of aryl methyl sites for hydroxylation is 1. The van der Waals surface area contributed by atoms with Crippen molar-refractivity contribution in [1.29, 1.82) is 0 Å². The van der Waals surface area contributed by atoms with Crippen LogP contribution in [-0.2, 0) is 40.4 Å². The van der Waals surface area contributed by atoms with Crippen LogP contribution in [0.1, 0.15) is 73.4 Å². The number of hydrogen-bond donors (Lipinski definition) is 4. The van der Waals surface area contributed by atoms with Crippen LogP contribution in [0, 0.1) is 5.92 Å². The topological polar surface area (TPSA) is 167 Å². The molecular weight excluding hydrogens is 669 g/mol. The van der Waals surface area contributed by atoms with Crippen molar-refractivity contribution in [2.75, 3.05) is 32.3 Å². The van der Waals surface area contributed by atoms with E-state index in [1.165, 1.54) is 12.7 Å². The zero-order valence-corrected chi connectivity index (χ0v) is 31.9. The standard InChI is InChI=1S/C41H52N8O4/c1-8-9-10-34-47-36-37(32-20-17-30(41(52)53-7)21-33(32)46-38(36)43)48(34)22-27-11-13-28(14-12-27)23-49(5,6)24-29-15-18-31(19-16-29)45-39(50)26(4)44-40(51)35(42)25(2)3/h11-21,25-26,35H,8-10,22-24,42H2,1-7H3,(H3-,43,44,45,46,50,51)/p+1/t26-,35-/m0/s1. The predicted octanol–water partition coefficient (Wildman–Crippen LogP) is 5.55. The summed E-state index contributed by atoms with van der Waals surface area (Å²) in [5.74, 6) is 0.204. The Labute approximate surface area is 311 Å². The first-order chi connectivity index (χ1) is 25.2. The Morgan fingerprint density at radius 2 is 1.51 bits per heavy atom. The minimum absolute atomic E-state index is 0.0230. The summed E-state index contributed by atoms with van der Waals surface area (Å²) < 4.78 is 7.89. The highest BCUT2D eigenvalue weighted by atomic mass is 16.5. The van der Waals surface area contributed by atoms with Crippen LogP contribution in [0.2, 0.25) is 0 Å². The summed E-state index contributed by atoms with van der Waals surface area (Å²) in [6, 6.07) is 20.5. The van der Waals surface area contributed by atoms with E-state index in [1.807, 2.05) is 44.2 Å². The molecule has 2 amide bonds. The van der Waals surface area contributed by atoms with Crippen LogP contribution in [0.3, 0.4) is 0 Å². The minimum Gasteiger partial charge on any atom is -0.465 e. The number of amides is 2. The van der Waals surface area contributed by atoms with E-state index in [0.717, 1.165) is 64.7 Å². The number of ether oxygens (including phenoxy) is 1. The molecule has 6 N–H and O–H groups in total. The number of anilines is 2. The summed E-state index contributed by atoms with van der Waals surface area (Å²) in [4.78, 5) is 46.8. The van der Waals surface area contributed by atoms with Crippen LogP contribution in [0.15, 0.2) is 66.7 Å². The third-order valence-corrected chi connectivity index (χ3v) is 9.54. The molecule has 0 radical (unpaired) electrons. The first-order valence-corrected chi connectivity index (χ1v) is 18.2. The van der Waals surface area contributed by atoms with E-state index >= 15 is 0 Å². The first kappa shape index (κ1) is 38.9. The van der Waals surface area contributed by atoms with Gasteiger partial charge in [0.15, 0.2) is 5.82 Å². The molecule has 280 valence electrons. The number of nitrogen functional groups attached to an aromatic ring is 1. The quantitative estimate of drug-likeness (QED) is 0.0807. The van der Waals surface area contributed by atoms with Gasteiger partial charge in [-0.3, -0.25) is 9.59 Å². The molecule has 0 aliphatic rings. The van der Waals surface area contributed by atoms with Crippen LogP contribution < -0.4 is 22.1 Å². The van der Waals surface area contributed by atoms with Crippen LogP contribution in [0.4, 0.5) is 11.5 Å². The summed E-state index contributed by atoms with van der Waals surface area (Å²) >= 11 is 0. The van der Waals surface area contributed by atoms with Crippen molar-refractivity contribution in [3.8, 4) is 0 Å². The number of nitrogens with zero attached hydrogens (tertiary/aromatic N) is 4. The predicted molar refractivity (Wildman–Crippen MR) is 210 cm³/mol. The maximum absolute atomic E-state index is 12.7. The molecule has 2 aromatic heterocycles. The highest BCUT2D eigenvalue weighted by molar-refractivity contribution is 6.08. The molecule has 2 heterocycles. The van der Waals surface area contributed by atoms with Crippen LogP contribution in [0.25, 0.3) is 21.9 Å². The molecule has 53 heavy (non-hydrogen) atoms. The number of fused-ring (bicyclic) bond motifs is 3. The monoisotopic (exact) mass is 721 g/mol. The maximum Gasteiger partial charge on any atom is 0.337 e. The second-order valence-corrected chi connectivity index (χ2v) is 14.9. The molecule has 0 fully saturated rings. The number of rotatable bonds is 15. The van der Waals surface area contributed by atoms with Gasteiger partial charge in [0.1, 0.15) is 30.5 Å². The van der Waals surface area contributed by atoms with E-state index in [9.17, 15) is 14.4 Å². The molecule has 12 nitrogen and oxygen atoms in total. The number of imidazole rings is 1. The summed E-state index contributed by atoms with van der Waals surface area (Å²) in [6.07, 6.45) is 2.85. The van der Waals surface area contributed by atoms with Crippen molar-refractivity contribution in [2.45, 2.75) is 78.7 Å². The third kappa shape index (κ3) is 9.37. The molecule has 3 aromatic carbocycles. The van der Waals surface area contributed by atoms with Gasteiger partial charge in [0.25, 0.3) is 0 Å². The lowest BCUT2D eigenvalue weighted by Gasteiger charge is -2.30. The zero-order chi connectivity index (χ0) is 38.4. The molecule has 0 aliphatic carbocycles. The van der Waals surface area contributed by atoms with Crippen molar-refractivity contribution in [1.82, 2.24) is 19.9 Å². The number of quaternary nitrogens is 1. The van der Waals surface area contributed by atoms with E-state index in [0.29, 0.717) is 34.6 Å². The number of carbonyl (C=O) groups is 3. The minimum atomic E-state index is -0.713. The Kier molecular flexibility index (Phi) is 12.2. The molecule has 0 spiro atoms. The summed E-state index contributed by atoms with van der Waals surface area (Å²) in [5, 5.41) is 6.45. The van der Waals surface area contributed by atoms with Gasteiger partial charge in [-0.1, -0.05) is 63.6 Å². The molecule has 5 aromatic rings. The van der Waals surface area contributed by atoms with Gasteiger partial charge >= 0.3 is 5.97 Å². The molecule has 0 aliphatic heterocycles. The fourth-order valence-electron chi connectivity index (χ4n) is 6.50. The van der Waals surface area contributed by atoms with E-state index in [1.54, 1.807) is 19.1 Å². The van der Waals surface area contributed by atoms with Gasteiger partial charge < -0.3 is 35.9 Å². The number of nitrogens with two attached hydrogens (primary N) is 2. The number of aromatic nitrogens is 3. The fraction of sp³-hybridized carbons (Fsp3) is 0.390. The number of benzene rings is 3. The largest absolute Gasteiger partial charge is 0.465 e. The van der Waals surface area contributed by atoms with Gasteiger partial charge in [0.05, 0.1) is 43.8 Å². The van der Waals surface area contributed by atoms with Gasteiger partial charge in [-0.25, -0.2) is 14.8 Å². The highest BCUT2D eigenvalue weighted by Crippen LogP contribution is 2.31. The maximum atomic E-state index is 12.7. The lowest BCUT2D eigenvalue weighted by atomic mass is 10.0. The number of nitrogens with one attached hydrogen (secondary N) is 2. The first-order valence-electron chi connectivity index (χ1n) is 18.2. The van der Waals surface area contributed by atoms with Crippen LogP contribution in [0.5, 0.6) is 0 Å². The number of unbranched alkanes of at least 4 members (excludes halogenated alkanes) is 1. The normalized spacial score (nSPS) is 12.9. The number of pyridine rings is 1. The second kappa shape index (κ2) is 16.6. The Balaban J connectivity index is 1.27. The summed E-state index contributed by atoms with van der Waals surface area (Å²) in [5.41, 5.74) is 19.1. The Morgan fingerprint density at radius 3 is 2.11 bits per heavy atom. The lowest BCUT2D eigenvalue weighted by Crippen LogP contribution is -2.50. The second-order valence-electron chi connectivity index (χ2n) is 14.9. The number of methoxy groups -OCH3 is 1. The Hall–Kier alpha value is -5.33. The van der Waals surface area contributed by atoms with Crippen molar-refractivity contribution in [3.05, 3.63) is 94.8 Å². The van der Waals surface area contributed by atoms with Crippen molar-refractivity contribution >= 4 is 51.2 Å². The molecule has 0 saturated heterocycles. The van der Waals surface area contributed by atoms with Crippen LogP contribution >= 0.6 is 0 Å². The van der Waals surface area contributed by atoms with Gasteiger partial charge in [0.2, 0.25) is 11.8 Å². The van der Waals surface area contributed by atoms with E-state index in [4.69, 9.17) is 21.2 Å². The molecule has 0 saturated carbocycles. The average molecular weight is 722 g/mol. The molecule has 2 atom stereocenters. The number of carbonyl (C=O) groups excluding carboxylic acids is 3. The lowest BCUT2D eigenvalue weighted by molar-refractivity contribution is -0.916. The fourth-order valence-corrected chi connectivity index (χ4v) is 6.50. The SMILES string of the molecule is CCCCc1nc2c(N)nc3cc(C(=O)OC)ccc3c2n1Cc1ccc(C[N+](C)(C)Cc2ccc(NC(=O)[C@H](C)NC(=O)[C@@H](N)C(C)C)cc2)cc1. The van der Waals surface area contributed by atoms with E-state index in [-0.39, 0.29) is 17.7 Å². The van der Waals surface area contributed by atoms with Gasteiger partial charge in [-0.2, -0.15) is 0 Å². The molecule has 5 rings (SSSR count). The van der Waals surface area contributed by atoms with Gasteiger partial charge in [0, 0.05) is 35.2 Å². The average Bonchev–Trinajstić information content (AvgIpc) is 3.49. The highest BCUT2D eigenvalue weighted by Gasteiger charge is 2.23. The Bertz CT molecular complexity index is 2090. The molecular formula is C41H53N8O4+. The molecule has 12 heteroatoms. The zero-order valence-electron chi connectivity index (χ0n) is 31.9. The number of esters is 1. The van der Waals surface area contributed by atoms with E-state index < -0.39 is 18.1 Å². The molecule has 0 bridgehead atoms. The van der Waals surface area contributed by atoms with Crippen molar-refractivity contribution < 1.29 is 23.6 Å². The van der Waals surface area contributed by atoms with Crippen molar-refractivity contribution in [2.24, 2.45) is 11.7 Å². The van der Waals surface area contributed by atoms with Gasteiger partial charge in [-0.15, -0.1) is 0 Å².